The lowest BCUT2D eigenvalue weighted by Crippen LogP contribution is -2.47. The first-order valence-corrected chi connectivity index (χ1v) is 4.15. The predicted molar refractivity (Wildman–Crippen MR) is 56.3 cm³/mol. The van der Waals surface area contributed by atoms with Crippen LogP contribution >= 0.6 is 0 Å². The van der Waals surface area contributed by atoms with Crippen LogP contribution in [-0.2, 0) is 4.79 Å². The molecule has 0 atom stereocenters. The van der Waals surface area contributed by atoms with Gasteiger partial charge in [-0.1, -0.05) is 0 Å². The van der Waals surface area contributed by atoms with Gasteiger partial charge in [-0.15, -0.1) is 30.3 Å². The molecule has 5 N–H and O–H groups in total. The van der Waals surface area contributed by atoms with Crippen LogP contribution in [0.2, 0.25) is 0 Å². The largest absolute Gasteiger partial charge is 0.388 e. The lowest BCUT2D eigenvalue weighted by atomic mass is 10.1. The highest BCUT2D eigenvalue weighted by atomic mass is 16.9. The molecule has 0 saturated heterocycles. The molecule has 0 amide bonds. The fraction of sp³-hybridized carbons (Fsp3) is 0.750. The van der Waals surface area contributed by atoms with Crippen LogP contribution in [0.4, 0.5) is 0 Å². The molecule has 0 aromatic heterocycles. The summed E-state index contributed by atoms with van der Waals surface area (Å²) in [6.45, 7) is -1.97. The highest BCUT2D eigenvalue weighted by Gasteiger charge is 2.41. The molecule has 0 saturated carbocycles. The van der Waals surface area contributed by atoms with E-state index < -0.39 is 38.9 Å². The minimum absolute atomic E-state index is 0.0764. The van der Waals surface area contributed by atoms with E-state index in [4.69, 9.17) is 56.2 Å². The maximum atomic E-state index is 9.97. The second-order valence-corrected chi connectivity index (χ2v) is 2.51. The Kier molecular flexibility index (Phi) is 19.2. The minimum atomic E-state index is -2.22. The van der Waals surface area contributed by atoms with Crippen LogP contribution in [0.1, 0.15) is 0 Å². The van der Waals surface area contributed by atoms with E-state index in [0.29, 0.717) is 0 Å². The Hall–Kier alpha value is -3.41. The van der Waals surface area contributed by atoms with Gasteiger partial charge in [-0.05, 0) is 0 Å². The first kappa shape index (κ1) is 27.0. The molecule has 130 valence electrons. The average Bonchev–Trinajstić information content (AvgIpc) is 2.29. The third kappa shape index (κ3) is 30.0. The zero-order valence-corrected chi connectivity index (χ0v) is 10.2. The lowest BCUT2D eigenvalue weighted by molar-refractivity contribution is -0.742. The number of hydrogen-bond acceptors (Lipinski definition) is 11. The van der Waals surface area contributed by atoms with Gasteiger partial charge in [0, 0.05) is 4.92 Å². The van der Waals surface area contributed by atoms with Crippen LogP contribution in [0, 0.1) is 40.5 Å². The van der Waals surface area contributed by atoms with Crippen molar-refractivity contribution in [3.8, 4) is 0 Å². The average molecular weight is 338 g/mol. The summed E-state index contributed by atoms with van der Waals surface area (Å²) in [7, 11) is 0. The van der Waals surface area contributed by atoms with Gasteiger partial charge in [0.2, 0.25) is 6.29 Å². The van der Waals surface area contributed by atoms with E-state index in [-0.39, 0.29) is 6.29 Å². The number of carbonyl (C=O) groups is 1. The lowest BCUT2D eigenvalue weighted by Gasteiger charge is -2.12. The first-order valence-electron chi connectivity index (χ1n) is 4.15. The van der Waals surface area contributed by atoms with E-state index in [1.54, 1.807) is 0 Å². The third-order valence-corrected chi connectivity index (χ3v) is 1.13. The quantitative estimate of drug-likeness (QED) is 0.195. The van der Waals surface area contributed by atoms with Crippen LogP contribution in [0.5, 0.6) is 0 Å². The Bertz CT molecular complexity index is 323. The molecule has 0 bridgehead atoms. The molecule has 0 spiro atoms. The van der Waals surface area contributed by atoms with Crippen molar-refractivity contribution in [2.24, 2.45) is 0 Å². The summed E-state index contributed by atoms with van der Waals surface area (Å²) in [6.07, 6.45) is -0.0764. The number of nitrogens with zero attached hydrogens (tertiary/aromatic N) is 4. The van der Waals surface area contributed by atoms with Crippen molar-refractivity contribution >= 4 is 6.29 Å². The summed E-state index contributed by atoms with van der Waals surface area (Å²) < 4.78 is 0. The summed E-state index contributed by atoms with van der Waals surface area (Å²) >= 11 is 0. The topological polar surface area (TPSA) is 291 Å². The molecule has 0 radical (unpaired) electrons. The molecule has 0 aliphatic carbocycles. The Morgan fingerprint density at radius 2 is 0.955 bits per heavy atom. The van der Waals surface area contributed by atoms with Gasteiger partial charge in [-0.2, -0.15) is 0 Å². The molecule has 0 heterocycles. The highest BCUT2D eigenvalue weighted by Crippen LogP contribution is 2.02. The third-order valence-electron chi connectivity index (χ3n) is 1.13. The van der Waals surface area contributed by atoms with E-state index in [1.165, 1.54) is 0 Å². The van der Waals surface area contributed by atoms with Gasteiger partial charge in [-0.25, -0.2) is 0 Å². The first-order chi connectivity index (χ1) is 9.82. The van der Waals surface area contributed by atoms with Crippen LogP contribution < -0.4 is 0 Å². The van der Waals surface area contributed by atoms with E-state index in [9.17, 15) is 14.9 Å². The summed E-state index contributed by atoms with van der Waals surface area (Å²) in [5.41, 5.74) is -2.22. The summed E-state index contributed by atoms with van der Waals surface area (Å²) in [5.74, 6) is 0. The number of aldehydes is 1. The number of aliphatic hydroxyl groups is 2. The molecular weight excluding hydrogens is 328 g/mol. The van der Waals surface area contributed by atoms with Crippen molar-refractivity contribution in [1.29, 1.82) is 0 Å². The summed E-state index contributed by atoms with van der Waals surface area (Å²) in [5, 5.41) is 67.5. The molecule has 22 heavy (non-hydrogen) atoms. The fourth-order valence-electron chi connectivity index (χ4n) is 0.283. The number of hydrogen-bond donors (Lipinski definition) is 5. The van der Waals surface area contributed by atoms with Gasteiger partial charge in [0.05, 0.1) is 0 Å². The minimum Gasteiger partial charge on any atom is -0.388 e. The maximum Gasteiger partial charge on any atom is 0.321 e. The fourth-order valence-corrected chi connectivity index (χ4v) is 0.283. The van der Waals surface area contributed by atoms with Crippen LogP contribution in [0.3, 0.4) is 0 Å². The smallest absolute Gasteiger partial charge is 0.321 e. The number of aliphatic hydroxyl groups excluding tert-OH is 2. The molecule has 0 aliphatic heterocycles. The second-order valence-electron chi connectivity index (χ2n) is 2.51. The monoisotopic (exact) mass is 338 g/mol. The molecule has 0 fully saturated rings. The van der Waals surface area contributed by atoms with Gasteiger partial charge in [0.25, 0.3) is 15.3 Å². The molecule has 18 nitrogen and oxygen atoms in total. The Morgan fingerprint density at radius 1 is 0.773 bits per heavy atom. The highest BCUT2D eigenvalue weighted by molar-refractivity contribution is 5.62. The van der Waals surface area contributed by atoms with Crippen molar-refractivity contribution in [3.63, 3.8) is 0 Å². The molecule has 0 rings (SSSR count). The van der Waals surface area contributed by atoms with Crippen molar-refractivity contribution in [1.82, 2.24) is 0 Å². The number of rotatable bonds is 4. The van der Waals surface area contributed by atoms with Crippen molar-refractivity contribution in [2.45, 2.75) is 5.54 Å². The van der Waals surface area contributed by atoms with Crippen molar-refractivity contribution in [2.75, 3.05) is 13.2 Å². The van der Waals surface area contributed by atoms with E-state index in [1.807, 2.05) is 0 Å². The van der Waals surface area contributed by atoms with Gasteiger partial charge in [0.15, 0.2) is 0 Å². The molecule has 0 unspecified atom stereocenters. The van der Waals surface area contributed by atoms with Gasteiger partial charge in [0.1, 0.15) is 13.2 Å². The molecular formula is C4H10N4O14. The van der Waals surface area contributed by atoms with E-state index in [0.717, 1.165) is 0 Å². The summed E-state index contributed by atoms with van der Waals surface area (Å²) in [4.78, 5) is 44.0. The Morgan fingerprint density at radius 3 is 0.955 bits per heavy atom. The zero-order valence-electron chi connectivity index (χ0n) is 10.2. The molecule has 0 aromatic carbocycles. The Labute approximate surface area is 117 Å². The zero-order chi connectivity index (χ0) is 18.9. The Balaban J connectivity index is -0.000000112. The molecule has 18 heteroatoms. The number of nitro groups is 1. The maximum absolute atomic E-state index is 9.97. The molecule has 0 aromatic rings. The van der Waals surface area contributed by atoms with Gasteiger partial charge >= 0.3 is 5.54 Å². The van der Waals surface area contributed by atoms with Crippen LogP contribution in [0.15, 0.2) is 0 Å². The standard InChI is InChI=1S/C4H7NO5.3HNO3/c6-1-4(2-7,3-8)5(9)10;3*2-1(3)4/h1,7-8H,2-3H2;3*(H,2,3,4). The normalized spacial score (nSPS) is 8.27. The van der Waals surface area contributed by atoms with Crippen molar-refractivity contribution in [3.05, 3.63) is 40.5 Å². The van der Waals surface area contributed by atoms with Gasteiger partial charge in [-0.3, -0.25) is 14.9 Å². The van der Waals surface area contributed by atoms with Gasteiger partial charge < -0.3 is 25.8 Å². The number of carbonyl (C=O) groups excluding carboxylic acids is 1. The second kappa shape index (κ2) is 15.6. The van der Waals surface area contributed by atoms with E-state index in [2.05, 4.69) is 0 Å². The SMILES string of the molecule is O=CC(CO)(CO)[N+](=O)[O-].O=[N+]([O-])O.O=[N+]([O-])O.O=[N+]([O-])O. The molecule has 0 aliphatic rings. The van der Waals surface area contributed by atoms with Crippen molar-refractivity contribution < 1.29 is 50.8 Å². The predicted octanol–water partition coefficient (Wildman–Crippen LogP) is -2.86. The summed E-state index contributed by atoms with van der Waals surface area (Å²) in [6, 6.07) is 0. The van der Waals surface area contributed by atoms with Crippen LogP contribution in [-0.4, -0.2) is 71.1 Å². The van der Waals surface area contributed by atoms with E-state index >= 15 is 0 Å². The van der Waals surface area contributed by atoms with Crippen LogP contribution in [0.25, 0.3) is 0 Å².